The van der Waals surface area contributed by atoms with Crippen LogP contribution in [0, 0.1) is 12.7 Å². The molecule has 3 nitrogen and oxygen atoms in total. The zero-order valence-electron chi connectivity index (χ0n) is 9.53. The molecule has 0 amide bonds. The maximum absolute atomic E-state index is 13.3. The first-order chi connectivity index (χ1) is 8.58. The number of benzene rings is 2. The Bertz CT molecular complexity index is 834. The number of aromatic hydroxyl groups is 1. The molecule has 18 heavy (non-hydrogen) atoms. The lowest BCUT2D eigenvalue weighted by Crippen LogP contribution is -2.00. The van der Waals surface area contributed by atoms with E-state index in [1.54, 1.807) is 13.0 Å². The van der Waals surface area contributed by atoms with E-state index < -0.39 is 11.4 Å². The number of rotatable bonds is 0. The fraction of sp³-hybridized carbons (Fsp3) is 0.0714. The summed E-state index contributed by atoms with van der Waals surface area (Å²) in [7, 11) is 0. The molecule has 0 unspecified atom stereocenters. The van der Waals surface area contributed by atoms with Crippen molar-refractivity contribution in [1.82, 2.24) is 0 Å². The Labute approximate surface area is 101 Å². The van der Waals surface area contributed by atoms with Gasteiger partial charge < -0.3 is 9.52 Å². The van der Waals surface area contributed by atoms with Crippen molar-refractivity contribution in [2.24, 2.45) is 0 Å². The summed E-state index contributed by atoms with van der Waals surface area (Å²) in [5, 5.41) is 11.0. The monoisotopic (exact) mass is 244 g/mol. The van der Waals surface area contributed by atoms with Gasteiger partial charge in [0.05, 0.1) is 5.39 Å². The maximum atomic E-state index is 13.3. The molecule has 1 heterocycles. The molecule has 0 fully saturated rings. The van der Waals surface area contributed by atoms with Crippen molar-refractivity contribution in [1.29, 1.82) is 0 Å². The van der Waals surface area contributed by atoms with Crippen LogP contribution >= 0.6 is 0 Å². The van der Waals surface area contributed by atoms with E-state index in [0.717, 1.165) is 0 Å². The van der Waals surface area contributed by atoms with Crippen molar-refractivity contribution in [3.63, 3.8) is 0 Å². The molecule has 0 aliphatic carbocycles. The summed E-state index contributed by atoms with van der Waals surface area (Å²) >= 11 is 0. The molecular weight excluding hydrogens is 235 g/mol. The summed E-state index contributed by atoms with van der Waals surface area (Å²) in [5.41, 5.74) is 0.222. The van der Waals surface area contributed by atoms with E-state index in [-0.39, 0.29) is 11.3 Å². The van der Waals surface area contributed by atoms with Gasteiger partial charge in [0.15, 0.2) is 0 Å². The van der Waals surface area contributed by atoms with Gasteiger partial charge in [0.1, 0.15) is 17.1 Å². The van der Waals surface area contributed by atoms with Crippen molar-refractivity contribution in [3.8, 4) is 5.75 Å². The molecule has 0 radical (unpaired) electrons. The molecule has 90 valence electrons. The molecule has 0 bridgehead atoms. The summed E-state index contributed by atoms with van der Waals surface area (Å²) in [6, 6.07) is 7.03. The molecule has 1 N–H and O–H groups in total. The van der Waals surface area contributed by atoms with E-state index in [1.807, 2.05) is 0 Å². The highest BCUT2D eigenvalue weighted by Gasteiger charge is 2.11. The molecule has 0 atom stereocenters. The van der Waals surface area contributed by atoms with Crippen LogP contribution in [-0.2, 0) is 0 Å². The van der Waals surface area contributed by atoms with Crippen LogP contribution in [0.2, 0.25) is 0 Å². The normalized spacial score (nSPS) is 11.2. The van der Waals surface area contributed by atoms with Gasteiger partial charge >= 0.3 is 5.63 Å². The zero-order valence-corrected chi connectivity index (χ0v) is 9.53. The van der Waals surface area contributed by atoms with Gasteiger partial charge in [-0.2, -0.15) is 0 Å². The lowest BCUT2D eigenvalue weighted by atomic mass is 10.0. The van der Waals surface area contributed by atoms with Crippen molar-refractivity contribution in [2.75, 3.05) is 0 Å². The average Bonchev–Trinajstić information content (AvgIpc) is 2.34. The smallest absolute Gasteiger partial charge is 0.344 e. The highest BCUT2D eigenvalue weighted by molar-refractivity contribution is 6.05. The van der Waals surface area contributed by atoms with Crippen LogP contribution in [0.25, 0.3) is 21.7 Å². The summed E-state index contributed by atoms with van der Waals surface area (Å²) in [6.45, 7) is 1.64. The van der Waals surface area contributed by atoms with Gasteiger partial charge in [-0.05, 0) is 37.3 Å². The fourth-order valence-electron chi connectivity index (χ4n) is 2.09. The van der Waals surface area contributed by atoms with Gasteiger partial charge in [-0.15, -0.1) is 0 Å². The van der Waals surface area contributed by atoms with E-state index in [9.17, 15) is 14.3 Å². The van der Waals surface area contributed by atoms with E-state index in [2.05, 4.69) is 0 Å². The lowest BCUT2D eigenvalue weighted by molar-refractivity contribution is 0.468. The number of halogens is 1. The predicted octanol–water partition coefficient (Wildman–Crippen LogP) is 3.10. The number of phenols is 1. The van der Waals surface area contributed by atoms with E-state index in [0.29, 0.717) is 21.7 Å². The number of aryl methyl sites for hydroxylation is 1. The first kappa shape index (κ1) is 10.8. The molecule has 0 saturated heterocycles. The van der Waals surface area contributed by atoms with E-state index in [1.165, 1.54) is 24.3 Å². The van der Waals surface area contributed by atoms with Crippen LogP contribution in [0.3, 0.4) is 0 Å². The van der Waals surface area contributed by atoms with Gasteiger partial charge in [0.25, 0.3) is 0 Å². The summed E-state index contributed by atoms with van der Waals surface area (Å²) in [5.74, 6) is -0.374. The average molecular weight is 244 g/mol. The molecule has 0 saturated carbocycles. The van der Waals surface area contributed by atoms with Crippen LogP contribution in [0.1, 0.15) is 5.56 Å². The van der Waals surface area contributed by atoms with Gasteiger partial charge in [0.2, 0.25) is 0 Å². The highest BCUT2D eigenvalue weighted by atomic mass is 19.1. The Kier molecular flexibility index (Phi) is 2.13. The number of hydrogen-bond acceptors (Lipinski definition) is 3. The number of fused-ring (bicyclic) bond motifs is 3. The minimum Gasteiger partial charge on any atom is -0.508 e. The van der Waals surface area contributed by atoms with Crippen molar-refractivity contribution in [2.45, 2.75) is 6.92 Å². The first-order valence-electron chi connectivity index (χ1n) is 5.42. The Balaban J connectivity index is 2.65. The van der Waals surface area contributed by atoms with Crippen LogP contribution in [0.4, 0.5) is 4.39 Å². The molecule has 1 aromatic heterocycles. The second-order valence-corrected chi connectivity index (χ2v) is 4.17. The van der Waals surface area contributed by atoms with Crippen molar-refractivity contribution in [3.05, 3.63) is 52.1 Å². The largest absolute Gasteiger partial charge is 0.508 e. The molecule has 2 aromatic carbocycles. The third kappa shape index (κ3) is 1.39. The molecule has 0 spiro atoms. The fourth-order valence-corrected chi connectivity index (χ4v) is 2.09. The SMILES string of the molecule is Cc1c(O)ccc2c1oc(=O)c1ccc(F)cc12. The Hall–Kier alpha value is -2.36. The number of phenolic OH excluding ortho intramolecular Hbond substituents is 1. The van der Waals surface area contributed by atoms with Gasteiger partial charge in [-0.25, -0.2) is 9.18 Å². The van der Waals surface area contributed by atoms with Gasteiger partial charge in [-0.1, -0.05) is 0 Å². The maximum Gasteiger partial charge on any atom is 0.344 e. The molecule has 3 aromatic rings. The van der Waals surface area contributed by atoms with Crippen molar-refractivity contribution < 1.29 is 13.9 Å². The Morgan fingerprint density at radius 3 is 2.61 bits per heavy atom. The first-order valence-corrected chi connectivity index (χ1v) is 5.42. The summed E-state index contributed by atoms with van der Waals surface area (Å²) < 4.78 is 18.5. The highest BCUT2D eigenvalue weighted by Crippen LogP contribution is 2.30. The van der Waals surface area contributed by atoms with Gasteiger partial charge in [-0.3, -0.25) is 0 Å². The Morgan fingerprint density at radius 1 is 1.11 bits per heavy atom. The minimum atomic E-state index is -0.536. The minimum absolute atomic E-state index is 0.0430. The standard InChI is InChI=1S/C14H9FO3/c1-7-12(16)5-4-9-11-6-8(15)2-3-10(11)14(17)18-13(7)9/h2-6,16H,1H3. The number of hydrogen-bond donors (Lipinski definition) is 1. The molecule has 0 aliphatic rings. The second-order valence-electron chi connectivity index (χ2n) is 4.17. The van der Waals surface area contributed by atoms with Crippen LogP contribution in [0.15, 0.2) is 39.5 Å². The van der Waals surface area contributed by atoms with Crippen LogP contribution < -0.4 is 5.63 Å². The topological polar surface area (TPSA) is 50.4 Å². The lowest BCUT2D eigenvalue weighted by Gasteiger charge is -2.06. The molecule has 4 heteroatoms. The van der Waals surface area contributed by atoms with Crippen molar-refractivity contribution >= 4 is 21.7 Å². The van der Waals surface area contributed by atoms with Crippen LogP contribution in [0.5, 0.6) is 5.75 Å². The predicted molar refractivity (Wildman–Crippen MR) is 66.3 cm³/mol. The summed E-state index contributed by atoms with van der Waals surface area (Å²) in [4.78, 5) is 11.8. The molecule has 0 aliphatic heterocycles. The van der Waals surface area contributed by atoms with E-state index >= 15 is 0 Å². The summed E-state index contributed by atoms with van der Waals surface area (Å²) in [6.07, 6.45) is 0. The quantitative estimate of drug-likeness (QED) is 0.488. The Morgan fingerprint density at radius 2 is 1.83 bits per heavy atom. The molecule has 3 rings (SSSR count). The van der Waals surface area contributed by atoms with Gasteiger partial charge in [0, 0.05) is 16.3 Å². The van der Waals surface area contributed by atoms with Crippen LogP contribution in [-0.4, -0.2) is 5.11 Å². The third-order valence-electron chi connectivity index (χ3n) is 3.06. The second kappa shape index (κ2) is 3.57. The zero-order chi connectivity index (χ0) is 12.9. The van der Waals surface area contributed by atoms with E-state index in [4.69, 9.17) is 4.42 Å². The molecular formula is C14H9FO3. The third-order valence-corrected chi connectivity index (χ3v) is 3.06.